The van der Waals surface area contributed by atoms with E-state index in [2.05, 4.69) is 15.0 Å². The molecule has 9 heteroatoms. The molecule has 4 atom stereocenters. The average molecular weight is 312 g/mol. The Morgan fingerprint density at radius 2 is 2.10 bits per heavy atom. The molecule has 0 aromatic carbocycles. The van der Waals surface area contributed by atoms with Crippen LogP contribution in [0.3, 0.4) is 0 Å². The fourth-order valence-corrected chi connectivity index (χ4v) is 3.04. The van der Waals surface area contributed by atoms with E-state index in [-0.39, 0.29) is 6.61 Å². The number of rotatable bonds is 4. The van der Waals surface area contributed by atoms with Crippen LogP contribution in [0.4, 0.5) is 0 Å². The van der Waals surface area contributed by atoms with Gasteiger partial charge in [0.15, 0.2) is 11.9 Å². The molecule has 0 saturated carbocycles. The summed E-state index contributed by atoms with van der Waals surface area (Å²) in [5.41, 5.74) is 1.15. The molecular formula is C12H16N4O4S. The monoisotopic (exact) mass is 312 g/mol. The highest BCUT2D eigenvalue weighted by atomic mass is 32.2. The summed E-state index contributed by atoms with van der Waals surface area (Å²) in [7, 11) is 0. The van der Waals surface area contributed by atoms with Gasteiger partial charge in [0.2, 0.25) is 0 Å². The average Bonchev–Trinajstić information content (AvgIpc) is 3.03. The number of ether oxygens (including phenoxy) is 1. The van der Waals surface area contributed by atoms with Crippen LogP contribution in [-0.4, -0.2) is 65.5 Å². The summed E-state index contributed by atoms with van der Waals surface area (Å²) in [6.07, 6.45) is -1.04. The molecule has 8 nitrogen and oxygen atoms in total. The maximum atomic E-state index is 10.1. The minimum absolute atomic E-state index is 0.368. The molecule has 1 fully saturated rings. The third kappa shape index (κ3) is 2.40. The third-order valence-electron chi connectivity index (χ3n) is 3.40. The fraction of sp³-hybridized carbons (Fsp3) is 0.583. The van der Waals surface area contributed by atoms with E-state index < -0.39 is 24.5 Å². The number of aromatic nitrogens is 4. The lowest BCUT2D eigenvalue weighted by Gasteiger charge is -2.16. The van der Waals surface area contributed by atoms with Crippen LogP contribution in [0.25, 0.3) is 11.2 Å². The highest BCUT2D eigenvalue weighted by molar-refractivity contribution is 7.99. The van der Waals surface area contributed by atoms with E-state index >= 15 is 0 Å². The van der Waals surface area contributed by atoms with Crippen molar-refractivity contribution in [2.24, 2.45) is 0 Å². The van der Waals surface area contributed by atoms with Gasteiger partial charge < -0.3 is 20.1 Å². The highest BCUT2D eigenvalue weighted by Crippen LogP contribution is 2.32. The van der Waals surface area contributed by atoms with Gasteiger partial charge in [-0.1, -0.05) is 6.92 Å². The summed E-state index contributed by atoms with van der Waals surface area (Å²) in [5.74, 6) is 0.854. The molecule has 0 amide bonds. The first-order valence-corrected chi connectivity index (χ1v) is 7.58. The molecule has 0 aliphatic carbocycles. The van der Waals surface area contributed by atoms with Gasteiger partial charge in [-0.2, -0.15) is 0 Å². The normalized spacial score (nSPS) is 29.3. The minimum Gasteiger partial charge on any atom is -0.394 e. The SMILES string of the molecule is CCSc1ncnc2c1ncn2[C@@H]1O[C@@H](CO)[C@@H](O)[C@@H]1O. The quantitative estimate of drug-likeness (QED) is 0.514. The molecule has 1 aliphatic rings. The van der Waals surface area contributed by atoms with Crippen molar-refractivity contribution >= 4 is 22.9 Å². The third-order valence-corrected chi connectivity index (χ3v) is 4.26. The first-order valence-electron chi connectivity index (χ1n) is 6.60. The van der Waals surface area contributed by atoms with Crippen molar-refractivity contribution < 1.29 is 20.1 Å². The van der Waals surface area contributed by atoms with Crippen molar-refractivity contribution in [1.82, 2.24) is 19.5 Å². The van der Waals surface area contributed by atoms with Gasteiger partial charge in [0.05, 0.1) is 12.9 Å². The number of aliphatic hydroxyl groups excluding tert-OH is 3. The van der Waals surface area contributed by atoms with E-state index in [9.17, 15) is 10.2 Å². The Hall–Kier alpha value is -1.26. The summed E-state index contributed by atoms with van der Waals surface area (Å²) in [4.78, 5) is 12.6. The lowest BCUT2D eigenvalue weighted by atomic mass is 10.1. The number of thioether (sulfide) groups is 1. The summed E-state index contributed by atoms with van der Waals surface area (Å²) in [6.45, 7) is 1.65. The first-order chi connectivity index (χ1) is 10.2. The minimum atomic E-state index is -1.16. The Morgan fingerprint density at radius 1 is 1.29 bits per heavy atom. The van der Waals surface area contributed by atoms with Crippen molar-refractivity contribution in [1.29, 1.82) is 0 Å². The van der Waals surface area contributed by atoms with E-state index in [0.717, 1.165) is 10.8 Å². The van der Waals surface area contributed by atoms with Crippen LogP contribution in [0, 0.1) is 0 Å². The molecule has 2 aromatic heterocycles. The van der Waals surface area contributed by atoms with Gasteiger partial charge >= 0.3 is 0 Å². The van der Waals surface area contributed by atoms with E-state index in [1.54, 1.807) is 16.3 Å². The summed E-state index contributed by atoms with van der Waals surface area (Å²) in [6, 6.07) is 0. The second kappa shape index (κ2) is 5.85. The predicted molar refractivity (Wildman–Crippen MR) is 74.7 cm³/mol. The zero-order valence-corrected chi connectivity index (χ0v) is 12.1. The van der Waals surface area contributed by atoms with Crippen LogP contribution < -0.4 is 0 Å². The Bertz CT molecular complexity index is 637. The summed E-state index contributed by atoms with van der Waals surface area (Å²) in [5, 5.41) is 29.8. The number of hydrogen-bond donors (Lipinski definition) is 3. The van der Waals surface area contributed by atoms with Crippen LogP contribution >= 0.6 is 11.8 Å². The topological polar surface area (TPSA) is 114 Å². The number of imidazole rings is 1. The van der Waals surface area contributed by atoms with Gasteiger partial charge in [-0.05, 0) is 5.75 Å². The second-order valence-corrected chi connectivity index (χ2v) is 5.92. The molecule has 3 heterocycles. The molecule has 2 aromatic rings. The van der Waals surface area contributed by atoms with Crippen LogP contribution in [0.5, 0.6) is 0 Å². The fourth-order valence-electron chi connectivity index (χ4n) is 2.37. The van der Waals surface area contributed by atoms with Gasteiger partial charge in [0.1, 0.15) is 35.2 Å². The molecular weight excluding hydrogens is 296 g/mol. The molecule has 1 saturated heterocycles. The number of aliphatic hydroxyl groups is 3. The number of fused-ring (bicyclic) bond motifs is 1. The molecule has 0 radical (unpaired) electrons. The smallest absolute Gasteiger partial charge is 0.166 e. The van der Waals surface area contributed by atoms with Crippen molar-refractivity contribution in [2.75, 3.05) is 12.4 Å². The Balaban J connectivity index is 2.00. The van der Waals surface area contributed by atoms with Crippen molar-refractivity contribution in [3.8, 4) is 0 Å². The maximum Gasteiger partial charge on any atom is 0.166 e. The molecule has 0 spiro atoms. The van der Waals surface area contributed by atoms with Crippen molar-refractivity contribution in [2.45, 2.75) is 36.5 Å². The van der Waals surface area contributed by atoms with Crippen LogP contribution in [0.2, 0.25) is 0 Å². The zero-order chi connectivity index (χ0) is 15.0. The molecule has 0 bridgehead atoms. The largest absolute Gasteiger partial charge is 0.394 e. The summed E-state index contributed by atoms with van der Waals surface area (Å²) >= 11 is 1.55. The second-order valence-electron chi connectivity index (χ2n) is 4.66. The van der Waals surface area contributed by atoms with Crippen molar-refractivity contribution in [3.63, 3.8) is 0 Å². The number of nitrogens with zero attached hydrogens (tertiary/aromatic N) is 4. The van der Waals surface area contributed by atoms with Gasteiger partial charge in [0, 0.05) is 0 Å². The molecule has 3 N–H and O–H groups in total. The molecule has 0 unspecified atom stereocenters. The number of hydrogen-bond acceptors (Lipinski definition) is 8. The molecule has 1 aliphatic heterocycles. The first kappa shape index (κ1) is 14.7. The standard InChI is InChI=1S/C12H16N4O4S/c1-2-21-11-7-10(13-4-14-11)16(5-15-7)12-9(19)8(18)6(3-17)20-12/h4-6,8-9,12,17-19H,2-3H2,1H3/t6-,8+,9-,12+/m0/s1. The van der Waals surface area contributed by atoms with Gasteiger partial charge in [-0.15, -0.1) is 11.8 Å². The van der Waals surface area contributed by atoms with Crippen LogP contribution in [0.15, 0.2) is 17.7 Å². The van der Waals surface area contributed by atoms with Crippen molar-refractivity contribution in [3.05, 3.63) is 12.7 Å². The lowest BCUT2D eigenvalue weighted by molar-refractivity contribution is -0.0511. The molecule has 114 valence electrons. The van der Waals surface area contributed by atoms with E-state index in [1.807, 2.05) is 6.92 Å². The van der Waals surface area contributed by atoms with Crippen LogP contribution in [-0.2, 0) is 4.74 Å². The Kier molecular flexibility index (Phi) is 4.09. The van der Waals surface area contributed by atoms with E-state index in [4.69, 9.17) is 9.84 Å². The predicted octanol–water partition coefficient (Wildman–Crippen LogP) is -0.450. The van der Waals surface area contributed by atoms with Gasteiger partial charge in [-0.25, -0.2) is 15.0 Å². The van der Waals surface area contributed by atoms with E-state index in [1.165, 1.54) is 12.7 Å². The van der Waals surface area contributed by atoms with Crippen LogP contribution in [0.1, 0.15) is 13.2 Å². The summed E-state index contributed by atoms with van der Waals surface area (Å²) < 4.78 is 7.05. The maximum absolute atomic E-state index is 10.1. The molecule has 3 rings (SSSR count). The van der Waals surface area contributed by atoms with Gasteiger partial charge in [0.25, 0.3) is 0 Å². The lowest BCUT2D eigenvalue weighted by Crippen LogP contribution is -2.33. The van der Waals surface area contributed by atoms with Gasteiger partial charge in [-0.3, -0.25) is 4.57 Å². The Labute approximate surface area is 124 Å². The Morgan fingerprint density at radius 3 is 2.76 bits per heavy atom. The molecule has 21 heavy (non-hydrogen) atoms. The zero-order valence-electron chi connectivity index (χ0n) is 11.3. The highest BCUT2D eigenvalue weighted by Gasteiger charge is 2.43. The van der Waals surface area contributed by atoms with E-state index in [0.29, 0.717) is 11.2 Å².